The fourth-order valence-corrected chi connectivity index (χ4v) is 3.48. The summed E-state index contributed by atoms with van der Waals surface area (Å²) in [5.41, 5.74) is 14.6. The van der Waals surface area contributed by atoms with E-state index in [2.05, 4.69) is 24.3 Å². The lowest BCUT2D eigenvalue weighted by Crippen LogP contribution is -2.17. The van der Waals surface area contributed by atoms with Crippen LogP contribution in [0.25, 0.3) is 0 Å². The normalized spacial score (nSPS) is 13.3. The maximum Gasteiger partial charge on any atom is 0.0659 e. The Morgan fingerprint density at radius 2 is 0.833 bits per heavy atom. The van der Waals surface area contributed by atoms with Gasteiger partial charge in [-0.15, -0.1) is 0 Å². The van der Waals surface area contributed by atoms with Gasteiger partial charge >= 0.3 is 0 Å². The SMILES string of the molecule is N[C@H](COCCCCCCCCCCOC[C@@H](N)c1ccccc1)c1ccccc1. The van der Waals surface area contributed by atoms with E-state index in [1.165, 1.54) is 38.5 Å². The third-order valence-corrected chi connectivity index (χ3v) is 5.38. The van der Waals surface area contributed by atoms with Crippen LogP contribution in [0.2, 0.25) is 0 Å². The van der Waals surface area contributed by atoms with Crippen LogP contribution >= 0.6 is 0 Å². The highest BCUT2D eigenvalue weighted by Crippen LogP contribution is 2.12. The van der Waals surface area contributed by atoms with Gasteiger partial charge in [0.05, 0.1) is 25.3 Å². The molecule has 0 aliphatic carbocycles. The van der Waals surface area contributed by atoms with Crippen LogP contribution in [0.1, 0.15) is 74.6 Å². The van der Waals surface area contributed by atoms with Gasteiger partial charge in [-0.2, -0.15) is 0 Å². The number of hydrogen-bond donors (Lipinski definition) is 2. The van der Waals surface area contributed by atoms with Crippen LogP contribution in [0.5, 0.6) is 0 Å². The van der Waals surface area contributed by atoms with Crippen LogP contribution < -0.4 is 11.5 Å². The molecule has 4 heteroatoms. The number of hydrogen-bond acceptors (Lipinski definition) is 4. The van der Waals surface area contributed by atoms with E-state index in [1.54, 1.807) is 0 Å². The summed E-state index contributed by atoms with van der Waals surface area (Å²) in [7, 11) is 0. The summed E-state index contributed by atoms with van der Waals surface area (Å²) in [4.78, 5) is 0. The highest BCUT2D eigenvalue weighted by atomic mass is 16.5. The molecule has 0 bridgehead atoms. The summed E-state index contributed by atoms with van der Waals surface area (Å²) in [6.07, 6.45) is 9.91. The summed E-state index contributed by atoms with van der Waals surface area (Å²) in [5, 5.41) is 0. The van der Waals surface area contributed by atoms with E-state index >= 15 is 0 Å². The largest absolute Gasteiger partial charge is 0.379 e. The smallest absolute Gasteiger partial charge is 0.0659 e. The van der Waals surface area contributed by atoms with Gasteiger partial charge < -0.3 is 20.9 Å². The molecule has 2 atom stereocenters. The molecule has 0 saturated heterocycles. The highest BCUT2D eigenvalue weighted by Gasteiger charge is 2.05. The third kappa shape index (κ3) is 10.9. The molecule has 0 fully saturated rings. The zero-order chi connectivity index (χ0) is 21.3. The van der Waals surface area contributed by atoms with Gasteiger partial charge in [-0.25, -0.2) is 0 Å². The molecule has 4 N–H and O–H groups in total. The first-order valence-electron chi connectivity index (χ1n) is 11.5. The molecule has 0 aliphatic heterocycles. The highest BCUT2D eigenvalue weighted by molar-refractivity contribution is 5.19. The van der Waals surface area contributed by atoms with Crippen LogP contribution in [-0.2, 0) is 9.47 Å². The number of ether oxygens (including phenoxy) is 2. The van der Waals surface area contributed by atoms with Crippen molar-refractivity contribution in [3.05, 3.63) is 71.8 Å². The van der Waals surface area contributed by atoms with E-state index in [4.69, 9.17) is 20.9 Å². The molecule has 30 heavy (non-hydrogen) atoms. The molecule has 0 spiro atoms. The van der Waals surface area contributed by atoms with Gasteiger partial charge in [0.15, 0.2) is 0 Å². The molecule has 0 aliphatic rings. The van der Waals surface area contributed by atoms with Gasteiger partial charge in [-0.1, -0.05) is 99.2 Å². The van der Waals surface area contributed by atoms with Crippen molar-refractivity contribution in [1.82, 2.24) is 0 Å². The van der Waals surface area contributed by atoms with E-state index in [9.17, 15) is 0 Å². The molecule has 0 amide bonds. The van der Waals surface area contributed by atoms with E-state index in [-0.39, 0.29) is 12.1 Å². The monoisotopic (exact) mass is 412 g/mol. The molecule has 0 saturated carbocycles. The lowest BCUT2D eigenvalue weighted by molar-refractivity contribution is 0.116. The molecule has 166 valence electrons. The Kier molecular flexibility index (Phi) is 13.1. The van der Waals surface area contributed by atoms with Gasteiger partial charge in [0.25, 0.3) is 0 Å². The minimum absolute atomic E-state index is 0.0238. The predicted molar refractivity (Wildman–Crippen MR) is 125 cm³/mol. The number of nitrogens with two attached hydrogens (primary N) is 2. The molecular formula is C26H40N2O2. The maximum atomic E-state index is 6.14. The summed E-state index contributed by atoms with van der Waals surface area (Å²) in [6.45, 7) is 2.82. The third-order valence-electron chi connectivity index (χ3n) is 5.38. The minimum atomic E-state index is -0.0238. The Labute approximate surface area is 183 Å². The minimum Gasteiger partial charge on any atom is -0.379 e. The van der Waals surface area contributed by atoms with Crippen molar-refractivity contribution in [2.75, 3.05) is 26.4 Å². The van der Waals surface area contributed by atoms with E-state index in [0.29, 0.717) is 13.2 Å². The molecule has 2 aromatic rings. The standard InChI is InChI=1S/C26H40N2O2/c27-25(23-15-9-7-10-16-23)21-29-19-13-5-3-1-2-4-6-14-20-30-22-26(28)24-17-11-8-12-18-24/h7-12,15-18,25-26H,1-6,13-14,19-22,27-28H2/t25-,26-/m1/s1. The lowest BCUT2D eigenvalue weighted by Gasteiger charge is -2.12. The summed E-state index contributed by atoms with van der Waals surface area (Å²) in [6, 6.07) is 20.3. The number of benzene rings is 2. The van der Waals surface area contributed by atoms with Gasteiger partial charge in [0.1, 0.15) is 0 Å². The molecule has 4 nitrogen and oxygen atoms in total. The summed E-state index contributed by atoms with van der Waals surface area (Å²) >= 11 is 0. The first kappa shape index (κ1) is 24.5. The maximum absolute atomic E-state index is 6.14. The van der Waals surface area contributed by atoms with Crippen LogP contribution in [0.3, 0.4) is 0 Å². The van der Waals surface area contributed by atoms with Crippen LogP contribution in [0.4, 0.5) is 0 Å². The molecule has 0 heterocycles. The number of unbranched alkanes of at least 4 members (excludes halogenated alkanes) is 7. The predicted octanol–water partition coefficient (Wildman–Crippen LogP) is 5.54. The topological polar surface area (TPSA) is 70.5 Å². The Balaban J connectivity index is 1.31. The van der Waals surface area contributed by atoms with Crippen LogP contribution in [-0.4, -0.2) is 26.4 Å². The first-order chi connectivity index (χ1) is 14.8. The summed E-state index contributed by atoms with van der Waals surface area (Å²) in [5.74, 6) is 0. The average molecular weight is 413 g/mol. The van der Waals surface area contributed by atoms with Crippen LogP contribution in [0, 0.1) is 0 Å². The molecule has 0 unspecified atom stereocenters. The second-order valence-corrected chi connectivity index (χ2v) is 8.01. The first-order valence-corrected chi connectivity index (χ1v) is 11.5. The van der Waals surface area contributed by atoms with Gasteiger partial charge in [0, 0.05) is 13.2 Å². The molecule has 0 aromatic heterocycles. The fourth-order valence-electron chi connectivity index (χ4n) is 3.48. The zero-order valence-electron chi connectivity index (χ0n) is 18.4. The second kappa shape index (κ2) is 16.0. The van der Waals surface area contributed by atoms with Crippen LogP contribution in [0.15, 0.2) is 60.7 Å². The Morgan fingerprint density at radius 1 is 0.500 bits per heavy atom. The van der Waals surface area contributed by atoms with E-state index < -0.39 is 0 Å². The van der Waals surface area contributed by atoms with Gasteiger partial charge in [-0.05, 0) is 24.0 Å². The van der Waals surface area contributed by atoms with E-state index in [0.717, 1.165) is 37.2 Å². The van der Waals surface area contributed by atoms with Crippen molar-refractivity contribution in [3.63, 3.8) is 0 Å². The molecule has 0 radical (unpaired) electrons. The lowest BCUT2D eigenvalue weighted by atomic mass is 10.1. The molecule has 2 aromatic carbocycles. The van der Waals surface area contributed by atoms with Crippen molar-refractivity contribution in [2.24, 2.45) is 11.5 Å². The molecule has 2 rings (SSSR count). The van der Waals surface area contributed by atoms with Crippen molar-refractivity contribution < 1.29 is 9.47 Å². The Morgan fingerprint density at radius 3 is 1.20 bits per heavy atom. The van der Waals surface area contributed by atoms with Gasteiger partial charge in [-0.3, -0.25) is 0 Å². The quantitative estimate of drug-likeness (QED) is 0.335. The Hall–Kier alpha value is -1.72. The van der Waals surface area contributed by atoms with E-state index in [1.807, 2.05) is 36.4 Å². The average Bonchev–Trinajstić information content (AvgIpc) is 2.80. The number of rotatable bonds is 17. The Bertz CT molecular complexity index is 578. The molecular weight excluding hydrogens is 372 g/mol. The summed E-state index contributed by atoms with van der Waals surface area (Å²) < 4.78 is 11.5. The van der Waals surface area contributed by atoms with Crippen molar-refractivity contribution in [2.45, 2.75) is 63.5 Å². The van der Waals surface area contributed by atoms with Crippen molar-refractivity contribution in [3.8, 4) is 0 Å². The van der Waals surface area contributed by atoms with Crippen molar-refractivity contribution in [1.29, 1.82) is 0 Å². The van der Waals surface area contributed by atoms with Gasteiger partial charge in [0.2, 0.25) is 0 Å². The van der Waals surface area contributed by atoms with Crippen molar-refractivity contribution >= 4 is 0 Å². The fraction of sp³-hybridized carbons (Fsp3) is 0.538. The second-order valence-electron chi connectivity index (χ2n) is 8.01. The zero-order valence-corrected chi connectivity index (χ0v) is 18.4.